The molecule has 0 saturated carbocycles. The van der Waals surface area contributed by atoms with Gasteiger partial charge in [-0.25, -0.2) is 4.39 Å². The number of hydrogen-bond acceptors (Lipinski definition) is 2. The van der Waals surface area contributed by atoms with Crippen LogP contribution in [-0.2, 0) is 9.53 Å². The maximum Gasteiger partial charge on any atom is 0.156 e. The molecule has 0 spiro atoms. The summed E-state index contributed by atoms with van der Waals surface area (Å²) in [5.41, 5.74) is -1.07. The summed E-state index contributed by atoms with van der Waals surface area (Å²) < 4.78 is 17.5. The molecule has 1 atom stereocenters. The summed E-state index contributed by atoms with van der Waals surface area (Å²) in [6, 6.07) is 0. The van der Waals surface area contributed by atoms with Crippen molar-refractivity contribution in [2.24, 2.45) is 0 Å². The number of aldehydes is 1. The van der Waals surface area contributed by atoms with Crippen LogP contribution < -0.4 is 0 Å². The lowest BCUT2D eigenvalue weighted by Gasteiger charge is -2.23. The Labute approximate surface area is 64.3 Å². The summed E-state index contributed by atoms with van der Waals surface area (Å²) in [6.45, 7) is 0. The summed E-state index contributed by atoms with van der Waals surface area (Å²) in [5, 5.41) is 0. The average molecular weight is 156 g/mol. The molecule has 0 amide bonds. The molecule has 0 aromatic rings. The molecule has 0 aromatic carbocycles. The summed E-state index contributed by atoms with van der Waals surface area (Å²) in [7, 11) is 1.39. The highest BCUT2D eigenvalue weighted by molar-refractivity contribution is 5.67. The standard InChI is InChI=1S/C8H9FO2/c1-11-8(6-10)4-2-3-7(9)5-8/h2-4,6H,5H2,1H3. The van der Waals surface area contributed by atoms with Crippen LogP contribution in [0.15, 0.2) is 24.1 Å². The number of carbonyl (C=O) groups excluding carboxylic acids is 1. The summed E-state index contributed by atoms with van der Waals surface area (Å²) in [5.74, 6) is -0.332. The first kappa shape index (κ1) is 8.14. The molecule has 1 unspecified atom stereocenters. The summed E-state index contributed by atoms with van der Waals surface area (Å²) >= 11 is 0. The van der Waals surface area contributed by atoms with Gasteiger partial charge in [-0.15, -0.1) is 0 Å². The van der Waals surface area contributed by atoms with Gasteiger partial charge in [-0.1, -0.05) is 6.08 Å². The molecule has 0 aromatic heterocycles. The predicted molar refractivity (Wildman–Crippen MR) is 38.8 cm³/mol. The van der Waals surface area contributed by atoms with Gasteiger partial charge < -0.3 is 4.74 Å². The minimum atomic E-state index is -1.07. The van der Waals surface area contributed by atoms with E-state index in [1.807, 2.05) is 0 Å². The third kappa shape index (κ3) is 1.54. The maximum atomic E-state index is 12.6. The quantitative estimate of drug-likeness (QED) is 0.564. The zero-order chi connectivity index (χ0) is 8.32. The van der Waals surface area contributed by atoms with Crippen LogP contribution >= 0.6 is 0 Å². The SMILES string of the molecule is COC1(C=O)C=CC=C(F)C1. The smallest absolute Gasteiger partial charge is 0.156 e. The highest BCUT2D eigenvalue weighted by atomic mass is 19.1. The van der Waals surface area contributed by atoms with E-state index in [1.54, 1.807) is 6.08 Å². The van der Waals surface area contributed by atoms with E-state index in [0.717, 1.165) is 0 Å². The molecule has 0 fully saturated rings. The van der Waals surface area contributed by atoms with Crippen molar-refractivity contribution >= 4 is 6.29 Å². The van der Waals surface area contributed by atoms with Gasteiger partial charge in [-0.2, -0.15) is 0 Å². The van der Waals surface area contributed by atoms with Crippen LogP contribution in [-0.4, -0.2) is 19.0 Å². The Balaban J connectivity index is 2.83. The van der Waals surface area contributed by atoms with Crippen molar-refractivity contribution in [3.63, 3.8) is 0 Å². The van der Waals surface area contributed by atoms with Crippen molar-refractivity contribution in [1.82, 2.24) is 0 Å². The van der Waals surface area contributed by atoms with Gasteiger partial charge in [0.05, 0.1) is 0 Å². The lowest BCUT2D eigenvalue weighted by molar-refractivity contribution is -0.122. The topological polar surface area (TPSA) is 26.3 Å². The number of hydrogen-bond donors (Lipinski definition) is 0. The third-order valence-electron chi connectivity index (χ3n) is 1.68. The molecular weight excluding hydrogens is 147 g/mol. The van der Waals surface area contributed by atoms with Gasteiger partial charge in [-0.05, 0) is 12.2 Å². The Morgan fingerprint density at radius 3 is 2.91 bits per heavy atom. The minimum Gasteiger partial charge on any atom is -0.366 e. The van der Waals surface area contributed by atoms with E-state index in [0.29, 0.717) is 6.29 Å². The first-order valence-corrected chi connectivity index (χ1v) is 3.28. The van der Waals surface area contributed by atoms with E-state index in [2.05, 4.69) is 0 Å². The molecule has 3 heteroatoms. The van der Waals surface area contributed by atoms with Gasteiger partial charge in [0.2, 0.25) is 0 Å². The van der Waals surface area contributed by atoms with Crippen molar-refractivity contribution in [1.29, 1.82) is 0 Å². The van der Waals surface area contributed by atoms with Gasteiger partial charge in [0, 0.05) is 13.5 Å². The molecule has 0 bridgehead atoms. The molecule has 0 aliphatic heterocycles. The molecule has 0 radical (unpaired) electrons. The Bertz CT molecular complexity index is 220. The second kappa shape index (κ2) is 2.96. The lowest BCUT2D eigenvalue weighted by atomic mass is 9.96. The van der Waals surface area contributed by atoms with E-state index < -0.39 is 5.60 Å². The molecule has 0 heterocycles. The van der Waals surface area contributed by atoms with Gasteiger partial charge >= 0.3 is 0 Å². The van der Waals surface area contributed by atoms with Gasteiger partial charge in [0.25, 0.3) is 0 Å². The van der Waals surface area contributed by atoms with Crippen LogP contribution in [0, 0.1) is 0 Å². The van der Waals surface area contributed by atoms with E-state index in [-0.39, 0.29) is 12.2 Å². The zero-order valence-electron chi connectivity index (χ0n) is 6.21. The Kier molecular flexibility index (Phi) is 2.19. The van der Waals surface area contributed by atoms with Crippen LogP contribution in [0.1, 0.15) is 6.42 Å². The van der Waals surface area contributed by atoms with Crippen LogP contribution in [0.3, 0.4) is 0 Å². The monoisotopic (exact) mass is 156 g/mol. The number of ether oxygens (including phenoxy) is 1. The molecule has 2 nitrogen and oxygen atoms in total. The lowest BCUT2D eigenvalue weighted by Crippen LogP contribution is -2.32. The minimum absolute atomic E-state index is 0.00347. The van der Waals surface area contributed by atoms with Gasteiger partial charge in [0.1, 0.15) is 11.4 Å². The van der Waals surface area contributed by atoms with Gasteiger partial charge in [0.15, 0.2) is 6.29 Å². The molecule has 0 saturated heterocycles. The molecule has 1 aliphatic carbocycles. The maximum absolute atomic E-state index is 12.6. The highest BCUT2D eigenvalue weighted by Crippen LogP contribution is 2.24. The van der Waals surface area contributed by atoms with Crippen molar-refractivity contribution in [2.45, 2.75) is 12.0 Å². The van der Waals surface area contributed by atoms with E-state index in [9.17, 15) is 9.18 Å². The Morgan fingerprint density at radius 1 is 1.82 bits per heavy atom. The fraction of sp³-hybridized carbons (Fsp3) is 0.375. The van der Waals surface area contributed by atoms with Crippen molar-refractivity contribution < 1.29 is 13.9 Å². The molecule has 1 aliphatic rings. The molecule has 0 N–H and O–H groups in total. The normalized spacial score (nSPS) is 29.8. The molecule has 1 rings (SSSR count). The molecular formula is C8H9FO2. The van der Waals surface area contributed by atoms with Crippen LogP contribution in [0.5, 0.6) is 0 Å². The van der Waals surface area contributed by atoms with Gasteiger partial charge in [-0.3, -0.25) is 4.79 Å². The third-order valence-corrected chi connectivity index (χ3v) is 1.68. The largest absolute Gasteiger partial charge is 0.366 e. The zero-order valence-corrected chi connectivity index (χ0v) is 6.21. The number of rotatable bonds is 2. The summed E-state index contributed by atoms with van der Waals surface area (Å²) in [6.07, 6.45) is 4.96. The number of halogens is 1. The Morgan fingerprint density at radius 2 is 2.55 bits per heavy atom. The second-order valence-electron chi connectivity index (χ2n) is 2.43. The fourth-order valence-corrected chi connectivity index (χ4v) is 0.966. The average Bonchev–Trinajstić information content (AvgIpc) is 2.04. The predicted octanol–water partition coefficient (Wildman–Crippen LogP) is 1.38. The van der Waals surface area contributed by atoms with E-state index in [4.69, 9.17) is 4.74 Å². The van der Waals surface area contributed by atoms with Crippen LogP contribution in [0.25, 0.3) is 0 Å². The van der Waals surface area contributed by atoms with E-state index in [1.165, 1.54) is 19.3 Å². The Hall–Kier alpha value is -0.960. The number of carbonyl (C=O) groups is 1. The highest BCUT2D eigenvalue weighted by Gasteiger charge is 2.29. The second-order valence-corrected chi connectivity index (χ2v) is 2.43. The van der Waals surface area contributed by atoms with Crippen molar-refractivity contribution in [3.05, 3.63) is 24.1 Å². The fourth-order valence-electron chi connectivity index (χ4n) is 0.966. The first-order chi connectivity index (χ1) is 5.22. The first-order valence-electron chi connectivity index (χ1n) is 3.28. The number of allylic oxidation sites excluding steroid dienone is 2. The van der Waals surface area contributed by atoms with E-state index >= 15 is 0 Å². The van der Waals surface area contributed by atoms with Crippen LogP contribution in [0.4, 0.5) is 4.39 Å². The molecule has 60 valence electrons. The van der Waals surface area contributed by atoms with Crippen molar-refractivity contribution in [3.8, 4) is 0 Å². The number of methoxy groups -OCH3 is 1. The molecule has 11 heavy (non-hydrogen) atoms. The summed E-state index contributed by atoms with van der Waals surface area (Å²) in [4.78, 5) is 10.5. The van der Waals surface area contributed by atoms with Crippen LogP contribution in [0.2, 0.25) is 0 Å². The van der Waals surface area contributed by atoms with Crippen molar-refractivity contribution in [2.75, 3.05) is 7.11 Å².